The van der Waals surface area contributed by atoms with E-state index in [9.17, 15) is 22.7 Å². The highest BCUT2D eigenvalue weighted by Gasteiger charge is 2.40. The molecule has 34 heavy (non-hydrogen) atoms. The summed E-state index contributed by atoms with van der Waals surface area (Å²) in [5.74, 6) is 0.297. The van der Waals surface area contributed by atoms with Gasteiger partial charge in [0.05, 0.1) is 30.1 Å². The van der Waals surface area contributed by atoms with Crippen LogP contribution in [-0.4, -0.2) is 68.3 Å². The van der Waals surface area contributed by atoms with Gasteiger partial charge in [-0.05, 0) is 32.4 Å². The second-order valence-electron chi connectivity index (χ2n) is 8.45. The van der Waals surface area contributed by atoms with E-state index in [1.165, 1.54) is 26.3 Å². The molecule has 0 aromatic carbocycles. The zero-order valence-corrected chi connectivity index (χ0v) is 19.0. The molecule has 4 rings (SSSR count). The molecule has 0 spiro atoms. The Bertz CT molecular complexity index is 1150. The summed E-state index contributed by atoms with van der Waals surface area (Å²) in [4.78, 5) is 19.0. The molecule has 3 aromatic heterocycles. The summed E-state index contributed by atoms with van der Waals surface area (Å²) in [6, 6.07) is 1.33. The Kier molecular flexibility index (Phi) is 6.72. The summed E-state index contributed by atoms with van der Waals surface area (Å²) >= 11 is 0. The van der Waals surface area contributed by atoms with Gasteiger partial charge in [-0.3, -0.25) is 4.98 Å². The standard InChI is InChI=1S/C22H26F4N6O2/c1-12(33)20-30-17-10-28-15(9-18(17)32(20)13(2)22(24,25)26)8-14-4-6-27-21(29-14)31-7-5-19(34-3)16(23)11-31/h4,6,9-10,12-13,16,19,33H,5,7-8,11H2,1-3H3/t12-,13-,16?,19?/m1/s1. The number of aliphatic hydroxyl groups excluding tert-OH is 1. The summed E-state index contributed by atoms with van der Waals surface area (Å²) in [6.07, 6.45) is -3.63. The SMILES string of the molecule is COC1CCN(c2nccc(Cc3cc4c(cn3)nc([C@@H](C)O)n4[C@H](C)C(F)(F)F)n2)CC1F. The molecule has 1 aliphatic rings. The van der Waals surface area contributed by atoms with Crippen LogP contribution in [0.1, 0.15) is 49.6 Å². The first-order valence-electron chi connectivity index (χ1n) is 10.9. The molecule has 12 heteroatoms. The number of alkyl halides is 4. The number of hydrogen-bond donors (Lipinski definition) is 1. The quantitative estimate of drug-likeness (QED) is 0.538. The predicted octanol–water partition coefficient (Wildman–Crippen LogP) is 3.55. The number of pyridine rings is 1. The number of aliphatic hydroxyl groups is 1. The molecule has 4 atom stereocenters. The number of aromatic nitrogens is 5. The third kappa shape index (κ3) is 4.83. The fraction of sp³-hybridized carbons (Fsp3) is 0.545. The van der Waals surface area contributed by atoms with Crippen molar-refractivity contribution in [3.05, 3.63) is 41.7 Å². The topological polar surface area (TPSA) is 89.2 Å². The van der Waals surface area contributed by atoms with Crippen molar-refractivity contribution >= 4 is 17.0 Å². The van der Waals surface area contributed by atoms with Gasteiger partial charge in [0.15, 0.2) is 0 Å². The molecule has 8 nitrogen and oxygen atoms in total. The zero-order chi connectivity index (χ0) is 24.6. The highest BCUT2D eigenvalue weighted by molar-refractivity contribution is 5.76. The first-order chi connectivity index (χ1) is 16.1. The van der Waals surface area contributed by atoms with E-state index >= 15 is 0 Å². The van der Waals surface area contributed by atoms with Crippen LogP contribution in [0.25, 0.3) is 11.0 Å². The Morgan fingerprint density at radius 1 is 1.21 bits per heavy atom. The predicted molar refractivity (Wildman–Crippen MR) is 116 cm³/mol. The Hall–Kier alpha value is -2.86. The lowest BCUT2D eigenvalue weighted by Gasteiger charge is -2.33. The molecule has 0 amide bonds. The minimum atomic E-state index is -4.52. The number of anilines is 1. The average Bonchev–Trinajstić information content (AvgIpc) is 3.17. The maximum absolute atomic E-state index is 14.3. The second kappa shape index (κ2) is 9.41. The van der Waals surface area contributed by atoms with Gasteiger partial charge < -0.3 is 19.3 Å². The lowest BCUT2D eigenvalue weighted by Crippen LogP contribution is -2.46. The number of imidazole rings is 1. The zero-order valence-electron chi connectivity index (χ0n) is 19.0. The molecule has 4 heterocycles. The number of halogens is 4. The Balaban J connectivity index is 1.62. The number of hydrogen-bond acceptors (Lipinski definition) is 7. The van der Waals surface area contributed by atoms with Crippen molar-refractivity contribution in [2.45, 2.75) is 57.3 Å². The van der Waals surface area contributed by atoms with E-state index in [4.69, 9.17) is 4.74 Å². The van der Waals surface area contributed by atoms with Crippen molar-refractivity contribution in [1.29, 1.82) is 0 Å². The van der Waals surface area contributed by atoms with E-state index in [-0.39, 0.29) is 29.8 Å². The van der Waals surface area contributed by atoms with Crippen molar-refractivity contribution in [2.24, 2.45) is 0 Å². The summed E-state index contributed by atoms with van der Waals surface area (Å²) < 4.78 is 61.0. The van der Waals surface area contributed by atoms with Crippen molar-refractivity contribution in [2.75, 3.05) is 25.1 Å². The van der Waals surface area contributed by atoms with Gasteiger partial charge in [0.1, 0.15) is 29.7 Å². The van der Waals surface area contributed by atoms with Crippen LogP contribution < -0.4 is 4.90 Å². The minimum absolute atomic E-state index is 0.0802. The van der Waals surface area contributed by atoms with Crippen LogP contribution in [0.3, 0.4) is 0 Å². The van der Waals surface area contributed by atoms with Crippen LogP contribution >= 0.6 is 0 Å². The summed E-state index contributed by atoms with van der Waals surface area (Å²) in [6.45, 7) is 3.05. The van der Waals surface area contributed by atoms with E-state index in [0.717, 1.165) is 11.5 Å². The van der Waals surface area contributed by atoms with Crippen LogP contribution in [0.2, 0.25) is 0 Å². The maximum atomic E-state index is 14.3. The Morgan fingerprint density at radius 2 is 1.97 bits per heavy atom. The first kappa shape index (κ1) is 24.3. The number of piperidine rings is 1. The minimum Gasteiger partial charge on any atom is -0.385 e. The lowest BCUT2D eigenvalue weighted by atomic mass is 10.1. The van der Waals surface area contributed by atoms with Gasteiger partial charge >= 0.3 is 6.18 Å². The third-order valence-corrected chi connectivity index (χ3v) is 6.02. The van der Waals surface area contributed by atoms with Gasteiger partial charge in [0.2, 0.25) is 5.95 Å². The lowest BCUT2D eigenvalue weighted by molar-refractivity contribution is -0.163. The molecule has 1 fully saturated rings. The van der Waals surface area contributed by atoms with E-state index < -0.39 is 30.6 Å². The average molecular weight is 482 g/mol. The van der Waals surface area contributed by atoms with E-state index in [2.05, 4.69) is 19.9 Å². The van der Waals surface area contributed by atoms with Gasteiger partial charge in [0.25, 0.3) is 0 Å². The van der Waals surface area contributed by atoms with E-state index in [1.54, 1.807) is 17.2 Å². The van der Waals surface area contributed by atoms with Crippen LogP contribution in [0.4, 0.5) is 23.5 Å². The van der Waals surface area contributed by atoms with Crippen LogP contribution in [-0.2, 0) is 11.2 Å². The van der Waals surface area contributed by atoms with Crippen molar-refractivity contribution < 1.29 is 27.4 Å². The summed E-state index contributed by atoms with van der Waals surface area (Å²) in [5, 5.41) is 10.0. The van der Waals surface area contributed by atoms with Gasteiger partial charge in [0, 0.05) is 32.0 Å². The highest BCUT2D eigenvalue weighted by atomic mass is 19.4. The van der Waals surface area contributed by atoms with Crippen LogP contribution in [0.15, 0.2) is 24.5 Å². The molecule has 2 unspecified atom stereocenters. The number of methoxy groups -OCH3 is 1. The second-order valence-corrected chi connectivity index (χ2v) is 8.45. The molecule has 0 radical (unpaired) electrons. The number of rotatable bonds is 6. The summed E-state index contributed by atoms with van der Waals surface area (Å²) in [5.41, 5.74) is 1.55. The molecule has 0 bridgehead atoms. The molecule has 3 aromatic rings. The van der Waals surface area contributed by atoms with Gasteiger partial charge in [-0.15, -0.1) is 0 Å². The third-order valence-electron chi connectivity index (χ3n) is 6.02. The first-order valence-corrected chi connectivity index (χ1v) is 10.9. The number of fused-ring (bicyclic) bond motifs is 1. The van der Waals surface area contributed by atoms with Gasteiger partial charge in [-0.2, -0.15) is 13.2 Å². The fourth-order valence-corrected chi connectivity index (χ4v) is 4.16. The monoisotopic (exact) mass is 482 g/mol. The normalized spacial score (nSPS) is 21.1. The van der Waals surface area contributed by atoms with Crippen molar-refractivity contribution in [3.8, 4) is 0 Å². The molecule has 184 valence electrons. The van der Waals surface area contributed by atoms with Gasteiger partial charge in [-0.25, -0.2) is 19.3 Å². The maximum Gasteiger partial charge on any atom is 0.408 e. The molecule has 1 aliphatic heterocycles. The molecule has 1 saturated heterocycles. The Labute approximate surface area is 193 Å². The smallest absolute Gasteiger partial charge is 0.385 e. The van der Waals surface area contributed by atoms with E-state index in [0.29, 0.717) is 30.3 Å². The van der Waals surface area contributed by atoms with Gasteiger partial charge in [-0.1, -0.05) is 0 Å². The molecular weight excluding hydrogens is 456 g/mol. The number of ether oxygens (including phenoxy) is 1. The highest BCUT2D eigenvalue weighted by Crippen LogP contribution is 2.35. The Morgan fingerprint density at radius 3 is 2.62 bits per heavy atom. The van der Waals surface area contributed by atoms with Crippen LogP contribution in [0, 0.1) is 0 Å². The molecule has 0 aliphatic carbocycles. The molecule has 1 N–H and O–H groups in total. The van der Waals surface area contributed by atoms with Crippen LogP contribution in [0.5, 0.6) is 0 Å². The largest absolute Gasteiger partial charge is 0.408 e. The van der Waals surface area contributed by atoms with Crippen molar-refractivity contribution in [1.82, 2.24) is 24.5 Å². The number of nitrogens with zero attached hydrogens (tertiary/aromatic N) is 6. The molecule has 0 saturated carbocycles. The fourth-order valence-electron chi connectivity index (χ4n) is 4.16. The molecular formula is C22H26F4N6O2. The van der Waals surface area contributed by atoms with Crippen molar-refractivity contribution in [3.63, 3.8) is 0 Å². The summed E-state index contributed by atoms with van der Waals surface area (Å²) in [7, 11) is 1.49. The van der Waals surface area contributed by atoms with E-state index in [1.807, 2.05) is 0 Å².